The van der Waals surface area contributed by atoms with Crippen molar-refractivity contribution in [3.63, 3.8) is 0 Å². The second-order valence-corrected chi connectivity index (χ2v) is 4.97. The van der Waals surface area contributed by atoms with Crippen LogP contribution in [0.15, 0.2) is 6.33 Å². The molecular formula is C11H13N3O4S. The van der Waals surface area contributed by atoms with E-state index in [4.69, 9.17) is 15.3 Å². The van der Waals surface area contributed by atoms with Crippen LogP contribution in [0.2, 0.25) is 0 Å². The monoisotopic (exact) mass is 283 g/mol. The summed E-state index contributed by atoms with van der Waals surface area (Å²) in [5.41, 5.74) is 0.574. The van der Waals surface area contributed by atoms with Gasteiger partial charge in [-0.1, -0.05) is 0 Å². The molecule has 0 bridgehead atoms. The molecule has 2 aromatic rings. The van der Waals surface area contributed by atoms with Crippen LogP contribution in [0.5, 0.6) is 0 Å². The molecule has 0 aromatic carbocycles. The molecule has 0 spiro atoms. The minimum atomic E-state index is -1.01. The van der Waals surface area contributed by atoms with Gasteiger partial charge < -0.3 is 20.6 Å². The highest BCUT2D eigenvalue weighted by Gasteiger charge is 2.19. The number of aromatic nitrogens is 2. The molecule has 7 nitrogen and oxygen atoms in total. The van der Waals surface area contributed by atoms with Crippen molar-refractivity contribution in [2.45, 2.75) is 13.0 Å². The normalized spacial score (nSPS) is 11.2. The summed E-state index contributed by atoms with van der Waals surface area (Å²) in [4.78, 5) is 20.0. The Hall–Kier alpha value is -1.77. The van der Waals surface area contributed by atoms with Crippen LogP contribution >= 0.6 is 11.3 Å². The molecule has 0 atom stereocenters. The lowest BCUT2D eigenvalue weighted by atomic mass is 10.2. The lowest BCUT2D eigenvalue weighted by Crippen LogP contribution is -2.28. The summed E-state index contributed by atoms with van der Waals surface area (Å²) < 4.78 is 0. The van der Waals surface area contributed by atoms with Crippen LogP contribution in [0.25, 0.3) is 10.2 Å². The third-order valence-corrected chi connectivity index (χ3v) is 3.89. The van der Waals surface area contributed by atoms with E-state index in [0.717, 1.165) is 11.3 Å². The lowest BCUT2D eigenvalue weighted by molar-refractivity contribution is 0.0701. The number of fused-ring (bicyclic) bond motifs is 1. The van der Waals surface area contributed by atoms with E-state index in [-0.39, 0.29) is 18.1 Å². The first-order chi connectivity index (χ1) is 9.08. The number of aliphatic hydroxyl groups excluding tert-OH is 2. The maximum Gasteiger partial charge on any atom is 0.346 e. The van der Waals surface area contributed by atoms with Crippen molar-refractivity contribution >= 4 is 33.3 Å². The molecule has 0 aliphatic carbocycles. The number of thiophene rings is 1. The van der Waals surface area contributed by atoms with Gasteiger partial charge in [-0.2, -0.15) is 0 Å². The fourth-order valence-corrected chi connectivity index (χ4v) is 2.71. The van der Waals surface area contributed by atoms with Gasteiger partial charge in [0.1, 0.15) is 21.9 Å². The standard InChI is InChI=1S/C11H13N3O4S/c1-5-7-9(14-6(2-15)3-16)12-4-13-10(7)19-8(5)11(17)18/h4,6,15-16H,2-3H2,1H3,(H,17,18)(H,12,13,14). The molecule has 8 heteroatoms. The largest absolute Gasteiger partial charge is 0.477 e. The highest BCUT2D eigenvalue weighted by Crippen LogP contribution is 2.33. The van der Waals surface area contributed by atoms with Crippen molar-refractivity contribution in [3.8, 4) is 0 Å². The van der Waals surface area contributed by atoms with Gasteiger partial charge in [0.15, 0.2) is 0 Å². The number of anilines is 1. The van der Waals surface area contributed by atoms with Crippen LogP contribution in [0.4, 0.5) is 5.82 Å². The number of hydrogen-bond acceptors (Lipinski definition) is 7. The lowest BCUT2D eigenvalue weighted by Gasteiger charge is -2.14. The fourth-order valence-electron chi connectivity index (χ4n) is 1.73. The summed E-state index contributed by atoms with van der Waals surface area (Å²) >= 11 is 1.07. The van der Waals surface area contributed by atoms with E-state index in [1.54, 1.807) is 6.92 Å². The van der Waals surface area contributed by atoms with E-state index in [0.29, 0.717) is 21.6 Å². The van der Waals surface area contributed by atoms with E-state index in [9.17, 15) is 4.79 Å². The number of carbonyl (C=O) groups is 1. The first-order valence-corrected chi connectivity index (χ1v) is 6.35. The molecule has 2 heterocycles. The van der Waals surface area contributed by atoms with Gasteiger partial charge in [0, 0.05) is 0 Å². The number of aromatic carboxylic acids is 1. The number of hydrogen-bond donors (Lipinski definition) is 4. The molecule has 0 saturated carbocycles. The Morgan fingerprint density at radius 1 is 1.42 bits per heavy atom. The maximum atomic E-state index is 11.1. The van der Waals surface area contributed by atoms with Crippen LogP contribution in [-0.2, 0) is 0 Å². The molecular weight excluding hydrogens is 270 g/mol. The first kappa shape index (κ1) is 13.7. The summed E-state index contributed by atoms with van der Waals surface area (Å²) in [6.45, 7) is 1.18. The third-order valence-electron chi connectivity index (χ3n) is 2.70. The minimum Gasteiger partial charge on any atom is -0.477 e. The Morgan fingerprint density at radius 3 is 2.68 bits per heavy atom. The van der Waals surface area contributed by atoms with Gasteiger partial charge in [-0.05, 0) is 12.5 Å². The van der Waals surface area contributed by atoms with Gasteiger partial charge in [0.2, 0.25) is 0 Å². The average molecular weight is 283 g/mol. The van der Waals surface area contributed by atoms with Crippen molar-refractivity contribution in [2.24, 2.45) is 0 Å². The van der Waals surface area contributed by atoms with E-state index < -0.39 is 12.0 Å². The molecule has 2 rings (SSSR count). The molecule has 102 valence electrons. The van der Waals surface area contributed by atoms with Crippen molar-refractivity contribution < 1.29 is 20.1 Å². The summed E-state index contributed by atoms with van der Waals surface area (Å²) in [6, 6.07) is -0.550. The maximum absolute atomic E-state index is 11.1. The van der Waals surface area contributed by atoms with Crippen molar-refractivity contribution in [2.75, 3.05) is 18.5 Å². The Bertz CT molecular complexity index is 609. The molecule has 4 N–H and O–H groups in total. The predicted octanol–water partition coefficient (Wildman–Crippen LogP) is 0.463. The second kappa shape index (κ2) is 5.47. The van der Waals surface area contributed by atoms with Gasteiger partial charge in [-0.3, -0.25) is 0 Å². The summed E-state index contributed by atoms with van der Waals surface area (Å²) in [6.07, 6.45) is 1.32. The smallest absolute Gasteiger partial charge is 0.346 e. The van der Waals surface area contributed by atoms with E-state index in [1.807, 2.05) is 0 Å². The Balaban J connectivity index is 2.53. The van der Waals surface area contributed by atoms with Gasteiger partial charge >= 0.3 is 5.97 Å². The van der Waals surface area contributed by atoms with E-state index >= 15 is 0 Å². The van der Waals surface area contributed by atoms with Crippen LogP contribution < -0.4 is 5.32 Å². The third kappa shape index (κ3) is 2.50. The van der Waals surface area contributed by atoms with Crippen molar-refractivity contribution in [3.05, 3.63) is 16.8 Å². The Morgan fingerprint density at radius 2 is 2.11 bits per heavy atom. The minimum absolute atomic E-state index is 0.211. The zero-order valence-corrected chi connectivity index (χ0v) is 10.9. The zero-order valence-electron chi connectivity index (χ0n) is 10.1. The molecule has 0 amide bonds. The number of carboxylic acids is 1. The average Bonchev–Trinajstić information content (AvgIpc) is 2.74. The number of nitrogens with one attached hydrogen (secondary N) is 1. The summed E-state index contributed by atoms with van der Waals surface area (Å²) in [7, 11) is 0. The first-order valence-electron chi connectivity index (χ1n) is 5.54. The Labute approximate surface area is 112 Å². The number of carboxylic acid groups (broad SMARTS) is 1. The number of aryl methyl sites for hydroxylation is 1. The second-order valence-electron chi connectivity index (χ2n) is 3.97. The van der Waals surface area contributed by atoms with Gasteiger partial charge in [0.25, 0.3) is 0 Å². The quantitative estimate of drug-likeness (QED) is 0.630. The number of nitrogens with zero attached hydrogens (tertiary/aromatic N) is 2. The molecule has 19 heavy (non-hydrogen) atoms. The van der Waals surface area contributed by atoms with Crippen molar-refractivity contribution in [1.29, 1.82) is 0 Å². The van der Waals surface area contributed by atoms with Crippen LogP contribution in [-0.4, -0.2) is 50.5 Å². The molecule has 0 aliphatic heterocycles. The molecule has 0 saturated heterocycles. The SMILES string of the molecule is Cc1c(C(=O)O)sc2ncnc(NC(CO)CO)c12. The molecule has 0 fully saturated rings. The molecule has 0 aliphatic rings. The van der Waals surface area contributed by atoms with Crippen LogP contribution in [0.1, 0.15) is 15.2 Å². The summed E-state index contributed by atoms with van der Waals surface area (Å²) in [5.74, 6) is -0.591. The van der Waals surface area contributed by atoms with E-state index in [1.165, 1.54) is 6.33 Å². The Kier molecular flexibility index (Phi) is 3.93. The molecule has 0 radical (unpaired) electrons. The predicted molar refractivity (Wildman–Crippen MR) is 70.7 cm³/mol. The van der Waals surface area contributed by atoms with Crippen LogP contribution in [0.3, 0.4) is 0 Å². The molecule has 0 unspecified atom stereocenters. The topological polar surface area (TPSA) is 116 Å². The fraction of sp³-hybridized carbons (Fsp3) is 0.364. The number of aliphatic hydroxyl groups is 2. The number of rotatable bonds is 5. The van der Waals surface area contributed by atoms with Crippen LogP contribution in [0, 0.1) is 6.92 Å². The molecule has 2 aromatic heterocycles. The zero-order chi connectivity index (χ0) is 14.0. The van der Waals surface area contributed by atoms with Gasteiger partial charge in [-0.15, -0.1) is 11.3 Å². The summed E-state index contributed by atoms with van der Waals surface area (Å²) in [5, 5.41) is 30.7. The van der Waals surface area contributed by atoms with Crippen molar-refractivity contribution in [1.82, 2.24) is 9.97 Å². The highest BCUT2D eigenvalue weighted by atomic mass is 32.1. The highest BCUT2D eigenvalue weighted by molar-refractivity contribution is 7.20. The van der Waals surface area contributed by atoms with E-state index in [2.05, 4.69) is 15.3 Å². The van der Waals surface area contributed by atoms with Gasteiger partial charge in [-0.25, -0.2) is 14.8 Å². The van der Waals surface area contributed by atoms with Gasteiger partial charge in [0.05, 0.1) is 24.6 Å².